The Balaban J connectivity index is 1.83. The van der Waals surface area contributed by atoms with Gasteiger partial charge in [-0.15, -0.1) is 5.10 Å². The number of anilines is 1. The normalized spacial score (nSPS) is 15.1. The summed E-state index contributed by atoms with van der Waals surface area (Å²) in [5.41, 5.74) is 6.76. The van der Waals surface area contributed by atoms with Crippen LogP contribution in [0.1, 0.15) is 22.7 Å². The van der Waals surface area contributed by atoms with Crippen LogP contribution in [-0.4, -0.2) is 15.2 Å². The number of H-pyrrole nitrogens is 1. The van der Waals surface area contributed by atoms with Crippen molar-refractivity contribution in [3.8, 4) is 17.2 Å². The Kier molecular flexibility index (Phi) is 2.85. The number of nitrogens with zero attached hydrogens (tertiary/aromatic N) is 3. The van der Waals surface area contributed by atoms with E-state index in [4.69, 9.17) is 0 Å². The first-order valence-electron chi connectivity index (χ1n) is 8.04. The predicted molar refractivity (Wildman–Crippen MR) is 95.9 cm³/mol. The number of para-hydroxylation sites is 1. The largest absolute Gasteiger partial charge is 0.374 e. The third-order valence-corrected chi connectivity index (χ3v) is 4.68. The van der Waals surface area contributed by atoms with Gasteiger partial charge in [-0.2, -0.15) is 10.4 Å². The fourth-order valence-electron chi connectivity index (χ4n) is 3.56. The third-order valence-electron chi connectivity index (χ3n) is 4.68. The van der Waals surface area contributed by atoms with E-state index in [2.05, 4.69) is 38.7 Å². The van der Waals surface area contributed by atoms with E-state index < -0.39 is 0 Å². The number of fused-ring (bicyclic) bond motifs is 2. The smallest absolute Gasteiger partial charge is 0.160 e. The van der Waals surface area contributed by atoms with E-state index >= 15 is 0 Å². The van der Waals surface area contributed by atoms with Crippen LogP contribution in [0.3, 0.4) is 0 Å². The first-order valence-corrected chi connectivity index (χ1v) is 8.04. The van der Waals surface area contributed by atoms with E-state index in [1.165, 1.54) is 0 Å². The Hall–Kier alpha value is -3.65. The second-order valence-electron chi connectivity index (χ2n) is 6.09. The minimum absolute atomic E-state index is 0.0753. The van der Waals surface area contributed by atoms with Crippen molar-refractivity contribution in [2.24, 2.45) is 0 Å². The molecule has 0 spiro atoms. The number of hydrogen-bond donors (Lipinski definition) is 2. The molecule has 5 nitrogen and oxygen atoms in total. The quantitative estimate of drug-likeness (QED) is 0.555. The van der Waals surface area contributed by atoms with Crippen LogP contribution in [0.25, 0.3) is 22.2 Å². The standard InChI is InChI=1S/C20H13N5/c21-9-12-4-3-5-13(8-12)19-16-10-22-20-18(16)15(11-23-25-20)14-6-1-2-7-17(14)24-19/h1-8,10-11,19,24H,(H,22,25). The molecule has 2 aromatic carbocycles. The Bertz CT molecular complexity index is 1150. The van der Waals surface area contributed by atoms with Crippen LogP contribution in [-0.2, 0) is 0 Å². The van der Waals surface area contributed by atoms with Gasteiger partial charge in [0.25, 0.3) is 0 Å². The first-order chi connectivity index (χ1) is 12.3. The van der Waals surface area contributed by atoms with Crippen molar-refractivity contribution in [2.45, 2.75) is 6.04 Å². The molecule has 0 bridgehead atoms. The summed E-state index contributed by atoms with van der Waals surface area (Å²) in [6.45, 7) is 0. The maximum absolute atomic E-state index is 9.25. The number of nitrogens with one attached hydrogen (secondary N) is 2. The maximum Gasteiger partial charge on any atom is 0.160 e. The molecule has 1 aliphatic heterocycles. The number of rotatable bonds is 1. The Morgan fingerprint density at radius 1 is 1.04 bits per heavy atom. The highest BCUT2D eigenvalue weighted by Crippen LogP contribution is 2.42. The average molecular weight is 323 g/mol. The highest BCUT2D eigenvalue weighted by molar-refractivity contribution is 6.00. The summed E-state index contributed by atoms with van der Waals surface area (Å²) < 4.78 is 0. The molecule has 1 atom stereocenters. The molecule has 1 aliphatic rings. The van der Waals surface area contributed by atoms with Crippen LogP contribution in [0.2, 0.25) is 0 Å². The van der Waals surface area contributed by atoms with Crippen LogP contribution in [0.15, 0.2) is 60.9 Å². The molecule has 0 saturated heterocycles. The van der Waals surface area contributed by atoms with Crippen molar-refractivity contribution in [3.05, 3.63) is 77.6 Å². The van der Waals surface area contributed by atoms with Crippen LogP contribution in [0, 0.1) is 11.3 Å². The average Bonchev–Trinajstić information content (AvgIpc) is 3.04. The number of benzene rings is 2. The fraction of sp³-hybridized carbons (Fsp3) is 0.0500. The number of aromatic amines is 1. The first kappa shape index (κ1) is 13.8. The van der Waals surface area contributed by atoms with Gasteiger partial charge in [0.15, 0.2) is 5.65 Å². The van der Waals surface area contributed by atoms with Gasteiger partial charge in [-0.05, 0) is 23.8 Å². The molecule has 4 aromatic rings. The van der Waals surface area contributed by atoms with E-state index in [0.29, 0.717) is 5.56 Å². The van der Waals surface area contributed by atoms with E-state index in [1.807, 2.05) is 48.8 Å². The zero-order valence-electron chi connectivity index (χ0n) is 13.2. The van der Waals surface area contributed by atoms with Gasteiger partial charge in [0.1, 0.15) is 0 Å². The molecule has 25 heavy (non-hydrogen) atoms. The van der Waals surface area contributed by atoms with Crippen LogP contribution in [0.4, 0.5) is 5.69 Å². The molecule has 0 radical (unpaired) electrons. The predicted octanol–water partition coefficient (Wildman–Crippen LogP) is 4.01. The van der Waals surface area contributed by atoms with Crippen LogP contribution < -0.4 is 5.32 Å². The topological polar surface area (TPSA) is 77.4 Å². The summed E-state index contributed by atoms with van der Waals surface area (Å²) in [6.07, 6.45) is 3.79. The highest BCUT2D eigenvalue weighted by atomic mass is 15.1. The molecule has 0 saturated carbocycles. The van der Waals surface area contributed by atoms with Gasteiger partial charge in [-0.1, -0.05) is 30.3 Å². The van der Waals surface area contributed by atoms with Crippen molar-refractivity contribution in [2.75, 3.05) is 5.32 Å². The van der Waals surface area contributed by atoms with Crippen molar-refractivity contribution < 1.29 is 0 Å². The van der Waals surface area contributed by atoms with Gasteiger partial charge in [-0.25, -0.2) is 0 Å². The lowest BCUT2D eigenvalue weighted by atomic mass is 9.96. The maximum atomic E-state index is 9.25. The van der Waals surface area contributed by atoms with E-state index in [1.54, 1.807) is 0 Å². The van der Waals surface area contributed by atoms with Gasteiger partial charge in [0.05, 0.1) is 23.9 Å². The minimum Gasteiger partial charge on any atom is -0.374 e. The second-order valence-corrected chi connectivity index (χ2v) is 6.09. The number of aromatic nitrogens is 3. The Morgan fingerprint density at radius 2 is 1.96 bits per heavy atom. The summed E-state index contributed by atoms with van der Waals surface area (Å²) in [5, 5.41) is 22.3. The highest BCUT2D eigenvalue weighted by Gasteiger charge is 2.26. The number of nitriles is 1. The van der Waals surface area contributed by atoms with Gasteiger partial charge >= 0.3 is 0 Å². The Labute approximate surface area is 144 Å². The molecule has 2 N–H and O–H groups in total. The molecule has 0 aliphatic carbocycles. The third kappa shape index (κ3) is 2.01. The minimum atomic E-state index is -0.0753. The van der Waals surface area contributed by atoms with Crippen LogP contribution >= 0.6 is 0 Å². The van der Waals surface area contributed by atoms with Crippen molar-refractivity contribution in [1.82, 2.24) is 15.2 Å². The van der Waals surface area contributed by atoms with Gasteiger partial charge in [0, 0.05) is 34.0 Å². The zero-order chi connectivity index (χ0) is 16.8. The fourth-order valence-corrected chi connectivity index (χ4v) is 3.56. The van der Waals surface area contributed by atoms with Crippen LogP contribution in [0.5, 0.6) is 0 Å². The van der Waals surface area contributed by atoms with E-state index in [0.717, 1.165) is 39.0 Å². The summed E-state index contributed by atoms with van der Waals surface area (Å²) >= 11 is 0. The molecule has 0 amide bonds. The molecule has 118 valence electrons. The van der Waals surface area contributed by atoms with Crippen molar-refractivity contribution in [3.63, 3.8) is 0 Å². The summed E-state index contributed by atoms with van der Waals surface area (Å²) in [7, 11) is 0. The lowest BCUT2D eigenvalue weighted by molar-refractivity contribution is 0.952. The Morgan fingerprint density at radius 3 is 2.88 bits per heavy atom. The molecule has 1 unspecified atom stereocenters. The lowest BCUT2D eigenvalue weighted by Crippen LogP contribution is -2.11. The zero-order valence-corrected chi connectivity index (χ0v) is 13.2. The lowest BCUT2D eigenvalue weighted by Gasteiger charge is -2.19. The SMILES string of the molecule is N#Cc1cccc(C2Nc3ccccc3-c3cnnc4[nH]cc2c34)c1. The van der Waals surface area contributed by atoms with Crippen molar-refractivity contribution in [1.29, 1.82) is 5.26 Å². The van der Waals surface area contributed by atoms with Crippen molar-refractivity contribution >= 4 is 16.7 Å². The van der Waals surface area contributed by atoms with Gasteiger partial charge < -0.3 is 10.3 Å². The van der Waals surface area contributed by atoms with Gasteiger partial charge in [0.2, 0.25) is 0 Å². The molecule has 5 rings (SSSR count). The summed E-state index contributed by atoms with van der Waals surface area (Å²) in [6, 6.07) is 18.0. The summed E-state index contributed by atoms with van der Waals surface area (Å²) in [4.78, 5) is 3.23. The molecular formula is C20H13N5. The molecule has 3 heterocycles. The van der Waals surface area contributed by atoms with E-state index in [9.17, 15) is 5.26 Å². The van der Waals surface area contributed by atoms with Gasteiger partial charge in [-0.3, -0.25) is 0 Å². The summed E-state index contributed by atoms with van der Waals surface area (Å²) in [5.74, 6) is 0. The molecule has 2 aromatic heterocycles. The van der Waals surface area contributed by atoms with E-state index in [-0.39, 0.29) is 6.04 Å². The molecule has 0 fully saturated rings. The number of hydrogen-bond acceptors (Lipinski definition) is 4. The molecule has 5 heteroatoms. The second kappa shape index (κ2) is 5.18. The molecular weight excluding hydrogens is 310 g/mol. The monoisotopic (exact) mass is 323 g/mol.